The van der Waals surface area contributed by atoms with Gasteiger partial charge in [0.25, 0.3) is 0 Å². The lowest BCUT2D eigenvalue weighted by molar-refractivity contribution is -0.123. The Morgan fingerprint density at radius 1 is 1.16 bits per heavy atom. The first-order chi connectivity index (χ1) is 14.8. The van der Waals surface area contributed by atoms with Crippen LogP contribution in [-0.2, 0) is 14.8 Å². The summed E-state index contributed by atoms with van der Waals surface area (Å²) in [7, 11) is -3.57. The molecule has 0 unspecified atom stereocenters. The largest absolute Gasteiger partial charge is 0.490 e. The van der Waals surface area contributed by atoms with E-state index in [1.54, 1.807) is 24.3 Å². The normalized spacial score (nSPS) is 20.5. The van der Waals surface area contributed by atoms with Gasteiger partial charge in [0.05, 0.1) is 10.9 Å². The van der Waals surface area contributed by atoms with Crippen LogP contribution < -0.4 is 21.1 Å². The summed E-state index contributed by atoms with van der Waals surface area (Å²) >= 11 is 0. The van der Waals surface area contributed by atoms with Crippen LogP contribution >= 0.6 is 0 Å². The average Bonchev–Trinajstić information content (AvgIpc) is 2.75. The predicted molar refractivity (Wildman–Crippen MR) is 120 cm³/mol. The molecule has 0 saturated carbocycles. The molecule has 2 aliphatic heterocycles. The Bertz CT molecular complexity index is 814. The fraction of sp³-hybridized carbons (Fsp3) is 0.682. The van der Waals surface area contributed by atoms with Gasteiger partial charge in [-0.15, -0.1) is 0 Å². The van der Waals surface area contributed by atoms with Gasteiger partial charge in [0, 0.05) is 19.1 Å². The van der Waals surface area contributed by atoms with Gasteiger partial charge in [0.2, 0.25) is 15.9 Å². The smallest absolute Gasteiger partial charge is 0.243 e. The van der Waals surface area contributed by atoms with E-state index in [9.17, 15) is 13.2 Å². The standard InChI is InChI=1S/C22H36N4O4S/c1-16(2)15-21(23)22(27)25-17-9-13-26(14-10-17)31(28,29)20-5-3-18(4-6-20)30-19-7-11-24-12-8-19/h3-6,16-17,19,21,24H,7-15,23H2,1-2H3,(H,25,27)/t21-/m0/s1. The highest BCUT2D eigenvalue weighted by Crippen LogP contribution is 2.24. The molecular formula is C22H36N4O4S. The van der Waals surface area contributed by atoms with Crippen LogP contribution in [0.15, 0.2) is 29.2 Å². The molecule has 0 spiro atoms. The second-order valence-corrected chi connectivity index (χ2v) is 10.9. The number of nitrogens with zero attached hydrogens (tertiary/aromatic N) is 1. The van der Waals surface area contributed by atoms with E-state index in [0.29, 0.717) is 44.0 Å². The Balaban J connectivity index is 1.51. The van der Waals surface area contributed by atoms with Crippen molar-refractivity contribution >= 4 is 15.9 Å². The molecule has 1 atom stereocenters. The highest BCUT2D eigenvalue weighted by Gasteiger charge is 2.30. The average molecular weight is 453 g/mol. The van der Waals surface area contributed by atoms with Gasteiger partial charge in [-0.05, 0) is 75.4 Å². The first kappa shape index (κ1) is 24.0. The fourth-order valence-corrected chi connectivity index (χ4v) is 5.58. The number of amides is 1. The van der Waals surface area contributed by atoms with Crippen LogP contribution in [0.3, 0.4) is 0 Å². The highest BCUT2D eigenvalue weighted by molar-refractivity contribution is 7.89. The molecule has 2 saturated heterocycles. The van der Waals surface area contributed by atoms with Gasteiger partial charge in [-0.1, -0.05) is 13.8 Å². The van der Waals surface area contributed by atoms with Crippen molar-refractivity contribution in [3.63, 3.8) is 0 Å². The monoisotopic (exact) mass is 452 g/mol. The first-order valence-corrected chi connectivity index (χ1v) is 12.7. The molecule has 1 aromatic carbocycles. The van der Waals surface area contributed by atoms with Crippen LogP contribution in [0.4, 0.5) is 0 Å². The van der Waals surface area contributed by atoms with E-state index in [4.69, 9.17) is 10.5 Å². The number of benzene rings is 1. The molecule has 174 valence electrons. The number of carbonyl (C=O) groups is 1. The Kier molecular flexibility index (Phi) is 8.32. The lowest BCUT2D eigenvalue weighted by Gasteiger charge is -2.32. The summed E-state index contributed by atoms with van der Waals surface area (Å²) in [6, 6.07) is 6.13. The molecule has 9 heteroatoms. The van der Waals surface area contributed by atoms with Crippen molar-refractivity contribution in [3.8, 4) is 5.75 Å². The molecule has 2 heterocycles. The molecule has 4 N–H and O–H groups in total. The van der Waals surface area contributed by atoms with Gasteiger partial charge in [-0.3, -0.25) is 4.79 Å². The second kappa shape index (κ2) is 10.8. The van der Waals surface area contributed by atoms with Crippen LogP contribution in [0.2, 0.25) is 0 Å². The van der Waals surface area contributed by atoms with E-state index in [2.05, 4.69) is 10.6 Å². The van der Waals surface area contributed by atoms with E-state index < -0.39 is 16.1 Å². The SMILES string of the molecule is CC(C)C[C@H](N)C(=O)NC1CCN(S(=O)(=O)c2ccc(OC3CCNCC3)cc2)CC1. The van der Waals surface area contributed by atoms with Crippen LogP contribution in [-0.4, -0.2) is 63.0 Å². The molecule has 31 heavy (non-hydrogen) atoms. The Morgan fingerprint density at radius 3 is 2.35 bits per heavy atom. The minimum Gasteiger partial charge on any atom is -0.490 e. The van der Waals surface area contributed by atoms with Crippen molar-refractivity contribution in [1.29, 1.82) is 0 Å². The number of nitrogens with two attached hydrogens (primary N) is 1. The number of nitrogens with one attached hydrogen (secondary N) is 2. The van der Waals surface area contributed by atoms with Crippen molar-refractivity contribution < 1.29 is 17.9 Å². The van der Waals surface area contributed by atoms with Crippen LogP contribution in [0.5, 0.6) is 5.75 Å². The van der Waals surface area contributed by atoms with Crippen molar-refractivity contribution in [2.75, 3.05) is 26.2 Å². The van der Waals surface area contributed by atoms with E-state index >= 15 is 0 Å². The third-order valence-corrected chi connectivity index (χ3v) is 7.83. The summed E-state index contributed by atoms with van der Waals surface area (Å²) in [5.74, 6) is 0.897. The number of hydrogen-bond acceptors (Lipinski definition) is 6. The Morgan fingerprint density at radius 2 is 1.77 bits per heavy atom. The van der Waals surface area contributed by atoms with Crippen LogP contribution in [0.1, 0.15) is 46.0 Å². The molecule has 0 aliphatic carbocycles. The number of carbonyl (C=O) groups excluding carboxylic acids is 1. The van der Waals surface area contributed by atoms with Gasteiger partial charge in [0.1, 0.15) is 11.9 Å². The van der Waals surface area contributed by atoms with E-state index in [-0.39, 0.29) is 22.9 Å². The minimum atomic E-state index is -3.57. The summed E-state index contributed by atoms with van der Waals surface area (Å²) < 4.78 is 33.5. The van der Waals surface area contributed by atoms with Gasteiger partial charge < -0.3 is 21.1 Å². The molecule has 1 amide bonds. The van der Waals surface area contributed by atoms with Gasteiger partial charge in [-0.2, -0.15) is 4.31 Å². The van der Waals surface area contributed by atoms with Crippen molar-refractivity contribution in [2.24, 2.45) is 11.7 Å². The second-order valence-electron chi connectivity index (χ2n) is 8.96. The molecule has 0 radical (unpaired) electrons. The fourth-order valence-electron chi connectivity index (χ4n) is 4.11. The lowest BCUT2D eigenvalue weighted by Crippen LogP contribution is -2.50. The topological polar surface area (TPSA) is 114 Å². The minimum absolute atomic E-state index is 0.0436. The zero-order valence-corrected chi connectivity index (χ0v) is 19.4. The van der Waals surface area contributed by atoms with E-state index in [1.807, 2.05) is 13.8 Å². The number of piperidine rings is 2. The van der Waals surface area contributed by atoms with E-state index in [0.717, 1.165) is 25.9 Å². The summed E-state index contributed by atoms with van der Waals surface area (Å²) in [5.41, 5.74) is 5.95. The first-order valence-electron chi connectivity index (χ1n) is 11.3. The molecular weight excluding hydrogens is 416 g/mol. The third kappa shape index (κ3) is 6.65. The van der Waals surface area contributed by atoms with Crippen molar-refractivity contribution in [1.82, 2.24) is 14.9 Å². The summed E-state index contributed by atoms with van der Waals surface area (Å²) in [5, 5.41) is 6.27. The molecule has 2 fully saturated rings. The number of hydrogen-bond donors (Lipinski definition) is 3. The molecule has 3 rings (SSSR count). The maximum Gasteiger partial charge on any atom is 0.243 e. The van der Waals surface area contributed by atoms with Crippen LogP contribution in [0, 0.1) is 5.92 Å². The Labute approximate surface area is 185 Å². The molecule has 2 aliphatic rings. The summed E-state index contributed by atoms with van der Waals surface area (Å²) in [6.07, 6.45) is 3.87. The van der Waals surface area contributed by atoms with E-state index in [1.165, 1.54) is 4.31 Å². The summed E-state index contributed by atoms with van der Waals surface area (Å²) in [4.78, 5) is 12.5. The van der Waals surface area contributed by atoms with Crippen LogP contribution in [0.25, 0.3) is 0 Å². The van der Waals surface area contributed by atoms with Gasteiger partial charge in [-0.25, -0.2) is 8.42 Å². The van der Waals surface area contributed by atoms with Gasteiger partial charge >= 0.3 is 0 Å². The lowest BCUT2D eigenvalue weighted by atomic mass is 10.0. The maximum atomic E-state index is 13.0. The highest BCUT2D eigenvalue weighted by atomic mass is 32.2. The van der Waals surface area contributed by atoms with Crippen molar-refractivity contribution in [3.05, 3.63) is 24.3 Å². The zero-order chi connectivity index (χ0) is 22.4. The third-order valence-electron chi connectivity index (χ3n) is 5.91. The summed E-state index contributed by atoms with van der Waals surface area (Å²) in [6.45, 7) is 6.69. The molecule has 0 bridgehead atoms. The predicted octanol–water partition coefficient (Wildman–Crippen LogP) is 1.46. The molecule has 1 aromatic rings. The maximum absolute atomic E-state index is 13.0. The molecule has 0 aromatic heterocycles. The number of ether oxygens (including phenoxy) is 1. The number of sulfonamides is 1. The molecule has 8 nitrogen and oxygen atoms in total. The quantitative estimate of drug-likeness (QED) is 0.550. The zero-order valence-electron chi connectivity index (χ0n) is 18.5. The number of rotatable bonds is 8. The van der Waals surface area contributed by atoms with Crippen molar-refractivity contribution in [2.45, 2.75) is 69.0 Å². The Hall–Kier alpha value is -1.68. The van der Waals surface area contributed by atoms with Gasteiger partial charge in [0.15, 0.2) is 0 Å².